The molecule has 0 aliphatic carbocycles. The number of hydrogen-bond acceptors (Lipinski definition) is 0. The summed E-state index contributed by atoms with van der Waals surface area (Å²) in [5, 5.41) is 0. The summed E-state index contributed by atoms with van der Waals surface area (Å²) in [5.74, 6) is 6.65. The van der Waals surface area contributed by atoms with Crippen LogP contribution in [0.3, 0.4) is 0 Å². The van der Waals surface area contributed by atoms with Crippen molar-refractivity contribution in [2.75, 3.05) is 26.2 Å². The van der Waals surface area contributed by atoms with Crippen LogP contribution in [0, 0.1) is 11.8 Å². The smallest absolute Gasteiger partial charge is 0.141 e. The van der Waals surface area contributed by atoms with E-state index in [1.54, 1.807) is 0 Å². The molecule has 1 aromatic carbocycles. The fourth-order valence-electron chi connectivity index (χ4n) is 2.69. The minimum atomic E-state index is 0.959. The largest absolute Gasteiger partial charge is 0.310 e. The molecule has 0 spiro atoms. The van der Waals surface area contributed by atoms with Crippen molar-refractivity contribution in [3.05, 3.63) is 48.6 Å². The van der Waals surface area contributed by atoms with Gasteiger partial charge in [-0.2, -0.15) is 0 Å². The Morgan fingerprint density at radius 2 is 1.83 bits per heavy atom. The first kappa shape index (κ1) is 12.9. The Hall–Kier alpha value is -1.52. The van der Waals surface area contributed by atoms with Crippen molar-refractivity contribution in [3.63, 3.8) is 0 Å². The van der Waals surface area contributed by atoms with Gasteiger partial charge in [0.2, 0.25) is 0 Å². The number of hydrogen-bond donors (Lipinski definition) is 0. The van der Waals surface area contributed by atoms with Gasteiger partial charge in [0.05, 0.1) is 19.6 Å². The number of quaternary nitrogens is 1. The summed E-state index contributed by atoms with van der Waals surface area (Å²) in [6, 6.07) is 10.3. The summed E-state index contributed by atoms with van der Waals surface area (Å²) in [6.45, 7) is 8.44. The summed E-state index contributed by atoms with van der Waals surface area (Å²) < 4.78 is 1.11. The highest BCUT2D eigenvalue weighted by atomic mass is 15.3. The van der Waals surface area contributed by atoms with Gasteiger partial charge in [0, 0.05) is 5.56 Å². The van der Waals surface area contributed by atoms with Crippen molar-refractivity contribution in [1.29, 1.82) is 0 Å². The molecule has 1 heteroatoms. The standard InChI is InChI=1S/C17H22N/c1-2-13-18(14-7-4-8-15-18)16-9-12-17-10-5-3-6-11-17/h2-3,5-6,10-11H,1,4,7-8,13-16H2/q+1. The lowest BCUT2D eigenvalue weighted by molar-refractivity contribution is -0.920. The Morgan fingerprint density at radius 3 is 2.50 bits per heavy atom. The minimum Gasteiger partial charge on any atom is -0.310 e. The van der Waals surface area contributed by atoms with E-state index >= 15 is 0 Å². The van der Waals surface area contributed by atoms with Crippen LogP contribution in [0.1, 0.15) is 24.8 Å². The Morgan fingerprint density at radius 1 is 1.11 bits per heavy atom. The highest BCUT2D eigenvalue weighted by Gasteiger charge is 2.27. The monoisotopic (exact) mass is 240 g/mol. The van der Waals surface area contributed by atoms with Crippen LogP contribution in [0.25, 0.3) is 0 Å². The zero-order valence-electron chi connectivity index (χ0n) is 11.1. The zero-order valence-corrected chi connectivity index (χ0v) is 11.1. The average molecular weight is 240 g/mol. The molecule has 94 valence electrons. The minimum absolute atomic E-state index is 0.959. The Kier molecular flexibility index (Phi) is 4.61. The Labute approximate surface area is 111 Å². The van der Waals surface area contributed by atoms with Gasteiger partial charge in [-0.1, -0.05) is 30.7 Å². The molecule has 0 bridgehead atoms. The van der Waals surface area contributed by atoms with E-state index in [0.717, 1.165) is 23.1 Å². The van der Waals surface area contributed by atoms with Crippen LogP contribution < -0.4 is 0 Å². The quantitative estimate of drug-likeness (QED) is 0.432. The predicted molar refractivity (Wildman–Crippen MR) is 77.1 cm³/mol. The normalized spacial score (nSPS) is 17.6. The van der Waals surface area contributed by atoms with Crippen LogP contribution in [0.15, 0.2) is 43.0 Å². The van der Waals surface area contributed by atoms with Gasteiger partial charge in [0.25, 0.3) is 0 Å². The molecule has 1 nitrogen and oxygen atoms in total. The molecule has 0 saturated carbocycles. The molecule has 0 unspecified atom stereocenters. The maximum Gasteiger partial charge on any atom is 0.141 e. The lowest BCUT2D eigenvalue weighted by atomic mass is 10.1. The average Bonchev–Trinajstić information content (AvgIpc) is 2.41. The van der Waals surface area contributed by atoms with Gasteiger partial charge >= 0.3 is 0 Å². The second-order valence-electron chi connectivity index (χ2n) is 5.15. The van der Waals surface area contributed by atoms with Crippen molar-refractivity contribution in [2.24, 2.45) is 0 Å². The van der Waals surface area contributed by atoms with Gasteiger partial charge in [0.1, 0.15) is 6.54 Å². The van der Waals surface area contributed by atoms with Crippen LogP contribution in [0.5, 0.6) is 0 Å². The van der Waals surface area contributed by atoms with Gasteiger partial charge in [-0.3, -0.25) is 0 Å². The van der Waals surface area contributed by atoms with Gasteiger partial charge in [0.15, 0.2) is 0 Å². The van der Waals surface area contributed by atoms with Crippen LogP contribution in [0.2, 0.25) is 0 Å². The van der Waals surface area contributed by atoms with Crippen LogP contribution >= 0.6 is 0 Å². The van der Waals surface area contributed by atoms with Crippen molar-refractivity contribution >= 4 is 0 Å². The van der Waals surface area contributed by atoms with Gasteiger partial charge < -0.3 is 4.48 Å². The molecule has 0 atom stereocenters. The van der Waals surface area contributed by atoms with E-state index in [4.69, 9.17) is 0 Å². The zero-order chi connectivity index (χ0) is 12.7. The molecular formula is C17H22N+. The number of benzene rings is 1. The molecule has 2 rings (SSSR count). The van der Waals surface area contributed by atoms with Crippen LogP contribution in [0.4, 0.5) is 0 Å². The highest BCUT2D eigenvalue weighted by molar-refractivity contribution is 5.33. The molecule has 1 aliphatic heterocycles. The number of likely N-dealkylation sites (tertiary alicyclic amines) is 1. The SMILES string of the molecule is C=CC[N+]1(CC#Cc2ccccc2)CCCCC1. The maximum absolute atomic E-state index is 3.90. The third kappa shape index (κ3) is 3.48. The molecule has 0 N–H and O–H groups in total. The van der Waals surface area contributed by atoms with E-state index in [9.17, 15) is 0 Å². The lowest BCUT2D eigenvalue weighted by Gasteiger charge is -2.39. The van der Waals surface area contributed by atoms with Crippen LogP contribution in [-0.2, 0) is 0 Å². The van der Waals surface area contributed by atoms with E-state index < -0.39 is 0 Å². The summed E-state index contributed by atoms with van der Waals surface area (Å²) in [6.07, 6.45) is 6.10. The van der Waals surface area contributed by atoms with Crippen molar-refractivity contribution in [2.45, 2.75) is 19.3 Å². The van der Waals surface area contributed by atoms with Crippen LogP contribution in [-0.4, -0.2) is 30.7 Å². The highest BCUT2D eigenvalue weighted by Crippen LogP contribution is 2.18. The molecular weight excluding hydrogens is 218 g/mol. The predicted octanol–water partition coefficient (Wildman–Crippen LogP) is 3.22. The second-order valence-corrected chi connectivity index (χ2v) is 5.15. The summed E-state index contributed by atoms with van der Waals surface area (Å²) in [4.78, 5) is 0. The molecule has 1 saturated heterocycles. The van der Waals surface area contributed by atoms with E-state index in [1.165, 1.54) is 32.4 Å². The topological polar surface area (TPSA) is 0 Å². The molecule has 18 heavy (non-hydrogen) atoms. The Balaban J connectivity index is 2.02. The molecule has 0 radical (unpaired) electrons. The first-order valence-electron chi connectivity index (χ1n) is 6.85. The number of nitrogens with zero attached hydrogens (tertiary/aromatic N) is 1. The summed E-state index contributed by atoms with van der Waals surface area (Å²) in [5.41, 5.74) is 1.12. The van der Waals surface area contributed by atoms with E-state index in [0.29, 0.717) is 0 Å². The summed E-state index contributed by atoms with van der Waals surface area (Å²) >= 11 is 0. The van der Waals surface area contributed by atoms with Crippen molar-refractivity contribution in [3.8, 4) is 11.8 Å². The second kappa shape index (κ2) is 6.42. The maximum atomic E-state index is 3.90. The molecule has 1 heterocycles. The van der Waals surface area contributed by atoms with Crippen molar-refractivity contribution in [1.82, 2.24) is 0 Å². The van der Waals surface area contributed by atoms with Gasteiger partial charge in [-0.15, -0.1) is 0 Å². The Bertz CT molecular complexity index is 430. The molecule has 1 fully saturated rings. The fourth-order valence-corrected chi connectivity index (χ4v) is 2.69. The number of rotatable bonds is 3. The van der Waals surface area contributed by atoms with E-state index in [2.05, 4.69) is 36.6 Å². The molecule has 0 aromatic heterocycles. The van der Waals surface area contributed by atoms with Gasteiger partial charge in [-0.05, 0) is 43.4 Å². The summed E-state index contributed by atoms with van der Waals surface area (Å²) in [7, 11) is 0. The van der Waals surface area contributed by atoms with Gasteiger partial charge in [-0.25, -0.2) is 0 Å². The van der Waals surface area contributed by atoms with E-state index in [1.807, 2.05) is 18.2 Å². The third-order valence-corrected chi connectivity index (χ3v) is 3.70. The first-order valence-corrected chi connectivity index (χ1v) is 6.85. The first-order chi connectivity index (χ1) is 8.85. The van der Waals surface area contributed by atoms with Crippen molar-refractivity contribution < 1.29 is 4.48 Å². The lowest BCUT2D eigenvalue weighted by Crippen LogP contribution is -2.51. The molecule has 0 amide bonds. The molecule has 1 aromatic rings. The number of piperidine rings is 1. The fraction of sp³-hybridized carbons (Fsp3) is 0.412. The third-order valence-electron chi connectivity index (χ3n) is 3.70. The van der Waals surface area contributed by atoms with E-state index in [-0.39, 0.29) is 0 Å². The molecule has 1 aliphatic rings.